The van der Waals surface area contributed by atoms with E-state index >= 15 is 0 Å². The highest BCUT2D eigenvalue weighted by molar-refractivity contribution is 7.20. The Kier molecular flexibility index (Phi) is 2.07. The summed E-state index contributed by atoms with van der Waals surface area (Å²) in [7, 11) is 1.85. The number of fused-ring (bicyclic) bond motifs is 1. The van der Waals surface area contributed by atoms with Crippen molar-refractivity contribution in [2.75, 3.05) is 12.4 Å². The minimum absolute atomic E-state index is 0.847. The summed E-state index contributed by atoms with van der Waals surface area (Å²) < 4.78 is 1.80. The molecule has 1 N–H and O–H groups in total. The van der Waals surface area contributed by atoms with Gasteiger partial charge >= 0.3 is 0 Å². The molecule has 0 aliphatic rings. The van der Waals surface area contributed by atoms with Gasteiger partial charge in [-0.2, -0.15) is 4.52 Å². The molecule has 0 aliphatic carbocycles. The van der Waals surface area contributed by atoms with Crippen LogP contribution in [0.3, 0.4) is 0 Å². The van der Waals surface area contributed by atoms with Gasteiger partial charge in [-0.1, -0.05) is 17.4 Å². The molecule has 0 atom stereocenters. The van der Waals surface area contributed by atoms with E-state index in [1.165, 1.54) is 11.3 Å². The first-order valence-electron chi connectivity index (χ1n) is 4.82. The van der Waals surface area contributed by atoms with Crippen molar-refractivity contribution < 1.29 is 0 Å². The fourth-order valence-corrected chi connectivity index (χ4v) is 2.21. The van der Waals surface area contributed by atoms with Gasteiger partial charge < -0.3 is 5.32 Å². The molecule has 5 nitrogen and oxygen atoms in total. The zero-order valence-corrected chi connectivity index (χ0v) is 9.40. The van der Waals surface area contributed by atoms with Gasteiger partial charge in [0.2, 0.25) is 10.1 Å². The highest BCUT2D eigenvalue weighted by Crippen LogP contribution is 2.24. The van der Waals surface area contributed by atoms with Crippen LogP contribution in [-0.4, -0.2) is 26.6 Å². The van der Waals surface area contributed by atoms with E-state index in [-0.39, 0.29) is 0 Å². The van der Waals surface area contributed by atoms with Gasteiger partial charge in [-0.15, -0.1) is 5.10 Å². The van der Waals surface area contributed by atoms with Gasteiger partial charge in [-0.3, -0.25) is 4.98 Å². The van der Waals surface area contributed by atoms with E-state index in [0.717, 1.165) is 21.5 Å². The summed E-state index contributed by atoms with van der Waals surface area (Å²) in [5, 5.41) is 8.24. The fraction of sp³-hybridized carbons (Fsp3) is 0.100. The second-order valence-electron chi connectivity index (χ2n) is 3.21. The summed E-state index contributed by atoms with van der Waals surface area (Å²) in [5.41, 5.74) is 1.79. The Hall–Kier alpha value is -1.95. The van der Waals surface area contributed by atoms with Crippen LogP contribution in [-0.2, 0) is 0 Å². The van der Waals surface area contributed by atoms with Crippen LogP contribution in [0.15, 0.2) is 30.6 Å². The second kappa shape index (κ2) is 3.57. The first-order chi connectivity index (χ1) is 7.88. The van der Waals surface area contributed by atoms with Crippen LogP contribution >= 0.6 is 11.3 Å². The highest BCUT2D eigenvalue weighted by atomic mass is 32.1. The van der Waals surface area contributed by atoms with Crippen molar-refractivity contribution in [1.82, 2.24) is 19.6 Å². The number of pyridine rings is 1. The third-order valence-corrected chi connectivity index (χ3v) is 3.17. The molecule has 0 aliphatic heterocycles. The minimum atomic E-state index is 0.847. The fourth-order valence-electron chi connectivity index (χ4n) is 1.48. The Labute approximate surface area is 95.8 Å². The number of nitrogens with zero attached hydrogens (tertiary/aromatic N) is 4. The molecular weight excluding hydrogens is 222 g/mol. The molecule has 0 saturated carbocycles. The van der Waals surface area contributed by atoms with Crippen molar-refractivity contribution in [3.05, 3.63) is 30.6 Å². The number of nitrogens with one attached hydrogen (secondary N) is 1. The van der Waals surface area contributed by atoms with Crippen LogP contribution in [0.5, 0.6) is 0 Å². The predicted octanol–water partition coefficient (Wildman–Crippen LogP) is 1.89. The lowest BCUT2D eigenvalue weighted by atomic mass is 10.3. The van der Waals surface area contributed by atoms with Crippen LogP contribution in [0.2, 0.25) is 0 Å². The third-order valence-electron chi connectivity index (χ3n) is 2.23. The maximum atomic E-state index is 4.39. The van der Waals surface area contributed by atoms with E-state index in [0.29, 0.717) is 0 Å². The number of aromatic nitrogens is 4. The molecule has 0 amide bonds. The molecule has 3 heterocycles. The van der Waals surface area contributed by atoms with Crippen LogP contribution in [0.1, 0.15) is 0 Å². The number of rotatable bonds is 2. The summed E-state index contributed by atoms with van der Waals surface area (Å²) in [6.45, 7) is 0. The summed E-state index contributed by atoms with van der Waals surface area (Å²) in [6.07, 6.45) is 3.56. The topological polar surface area (TPSA) is 55.1 Å². The number of imidazole rings is 1. The predicted molar refractivity (Wildman–Crippen MR) is 63.6 cm³/mol. The van der Waals surface area contributed by atoms with Crippen molar-refractivity contribution in [3.63, 3.8) is 0 Å². The summed E-state index contributed by atoms with van der Waals surface area (Å²) in [4.78, 5) is 9.46. The smallest absolute Gasteiger partial charge is 0.214 e. The maximum absolute atomic E-state index is 4.39. The molecule has 0 saturated heterocycles. The molecule has 3 aromatic rings. The van der Waals surface area contributed by atoms with Crippen LogP contribution < -0.4 is 5.32 Å². The van der Waals surface area contributed by atoms with Gasteiger partial charge in [-0.05, 0) is 12.1 Å². The Morgan fingerprint density at radius 1 is 1.31 bits per heavy atom. The van der Waals surface area contributed by atoms with Crippen LogP contribution in [0.4, 0.5) is 5.13 Å². The van der Waals surface area contributed by atoms with Gasteiger partial charge in [-0.25, -0.2) is 4.98 Å². The SMILES string of the molecule is CNc1nn2c(-c3ccccn3)cnc2s1. The average molecular weight is 231 g/mol. The highest BCUT2D eigenvalue weighted by Gasteiger charge is 2.10. The largest absolute Gasteiger partial charge is 0.363 e. The molecule has 3 aromatic heterocycles. The molecule has 80 valence electrons. The van der Waals surface area contributed by atoms with E-state index < -0.39 is 0 Å². The first kappa shape index (κ1) is 9.29. The van der Waals surface area contributed by atoms with E-state index in [1.54, 1.807) is 16.9 Å². The quantitative estimate of drug-likeness (QED) is 0.731. The third kappa shape index (κ3) is 1.35. The molecule has 0 bridgehead atoms. The standard InChI is InChI=1S/C10H9N5S/c1-11-9-14-15-8(6-13-10(15)16-9)7-4-2-3-5-12-7/h2-6H,1H3,(H,11,14). The van der Waals surface area contributed by atoms with Gasteiger partial charge in [0.05, 0.1) is 11.9 Å². The first-order valence-corrected chi connectivity index (χ1v) is 5.64. The molecule has 16 heavy (non-hydrogen) atoms. The summed E-state index contributed by atoms with van der Waals surface area (Å²) >= 11 is 1.51. The van der Waals surface area contributed by atoms with Crippen molar-refractivity contribution >= 4 is 21.4 Å². The lowest BCUT2D eigenvalue weighted by molar-refractivity contribution is 0.976. The summed E-state index contributed by atoms with van der Waals surface area (Å²) in [6, 6.07) is 5.79. The van der Waals surface area contributed by atoms with Gasteiger partial charge in [0.25, 0.3) is 0 Å². The molecule has 3 rings (SSSR count). The van der Waals surface area contributed by atoms with E-state index in [9.17, 15) is 0 Å². The number of anilines is 1. The van der Waals surface area contributed by atoms with Gasteiger partial charge in [0.1, 0.15) is 5.69 Å². The molecule has 0 aromatic carbocycles. The van der Waals surface area contributed by atoms with Crippen LogP contribution in [0, 0.1) is 0 Å². The Morgan fingerprint density at radius 2 is 2.25 bits per heavy atom. The van der Waals surface area contributed by atoms with Gasteiger partial charge in [0.15, 0.2) is 0 Å². The Bertz CT molecular complexity index is 612. The van der Waals surface area contributed by atoms with E-state index in [4.69, 9.17) is 0 Å². The van der Waals surface area contributed by atoms with Gasteiger partial charge in [0, 0.05) is 13.2 Å². The molecular formula is C10H9N5S. The summed E-state index contributed by atoms with van der Waals surface area (Å²) in [5.74, 6) is 0. The van der Waals surface area contributed by atoms with Crippen LogP contribution in [0.25, 0.3) is 16.3 Å². The van der Waals surface area contributed by atoms with Crippen molar-refractivity contribution in [2.24, 2.45) is 0 Å². The minimum Gasteiger partial charge on any atom is -0.363 e. The van der Waals surface area contributed by atoms with Crippen molar-refractivity contribution in [1.29, 1.82) is 0 Å². The monoisotopic (exact) mass is 231 g/mol. The van der Waals surface area contributed by atoms with E-state index in [2.05, 4.69) is 20.4 Å². The molecule has 0 spiro atoms. The maximum Gasteiger partial charge on any atom is 0.214 e. The lowest BCUT2D eigenvalue weighted by Gasteiger charge is -1.95. The second-order valence-corrected chi connectivity index (χ2v) is 4.17. The Morgan fingerprint density at radius 3 is 3.00 bits per heavy atom. The lowest BCUT2D eigenvalue weighted by Crippen LogP contribution is -1.92. The van der Waals surface area contributed by atoms with Crippen molar-refractivity contribution in [3.8, 4) is 11.4 Å². The zero-order chi connectivity index (χ0) is 11.0. The van der Waals surface area contributed by atoms with Crippen molar-refractivity contribution in [2.45, 2.75) is 0 Å². The molecule has 0 radical (unpaired) electrons. The number of hydrogen-bond acceptors (Lipinski definition) is 5. The zero-order valence-electron chi connectivity index (χ0n) is 8.58. The average Bonchev–Trinajstić information content (AvgIpc) is 2.88. The number of hydrogen-bond donors (Lipinski definition) is 1. The van der Waals surface area contributed by atoms with E-state index in [1.807, 2.05) is 25.2 Å². The molecule has 0 fully saturated rings. The Balaban J connectivity index is 2.20. The normalized spacial score (nSPS) is 10.8. The molecule has 0 unspecified atom stereocenters. The molecule has 6 heteroatoms.